The minimum Gasteiger partial charge on any atom is -0.328 e. The van der Waals surface area contributed by atoms with Crippen molar-refractivity contribution in [2.45, 2.75) is 44.1 Å². The molecular weight excluding hydrogens is 250 g/mol. The van der Waals surface area contributed by atoms with Crippen molar-refractivity contribution >= 4 is 15.9 Å². The Hall–Kier alpha value is -0.340. The Morgan fingerprint density at radius 2 is 1.87 bits per heavy atom. The quantitative estimate of drug-likeness (QED) is 0.770. The lowest BCUT2D eigenvalue weighted by Crippen LogP contribution is -2.17. The zero-order chi connectivity index (χ0) is 10.7. The van der Waals surface area contributed by atoms with Crippen molar-refractivity contribution < 1.29 is 0 Å². The molecular formula is C13H18BrN. The third-order valence-electron chi connectivity index (χ3n) is 3.36. The van der Waals surface area contributed by atoms with E-state index in [0.29, 0.717) is 12.0 Å². The highest BCUT2D eigenvalue weighted by Crippen LogP contribution is 2.34. The predicted octanol–water partition coefficient (Wildman–Crippen LogP) is 3.82. The Morgan fingerprint density at radius 1 is 1.07 bits per heavy atom. The smallest absolute Gasteiger partial charge is 0.0210 e. The van der Waals surface area contributed by atoms with Crippen LogP contribution in [-0.2, 0) is 0 Å². The molecule has 0 amide bonds. The highest BCUT2D eigenvalue weighted by atomic mass is 79.9. The normalized spacial score (nSPS) is 27.3. The Bertz CT molecular complexity index is 324. The number of hydrogen-bond donors (Lipinski definition) is 1. The number of hydrogen-bond acceptors (Lipinski definition) is 1. The van der Waals surface area contributed by atoms with Crippen molar-refractivity contribution in [3.05, 3.63) is 34.3 Å². The van der Waals surface area contributed by atoms with Gasteiger partial charge in [-0.2, -0.15) is 0 Å². The highest BCUT2D eigenvalue weighted by molar-refractivity contribution is 9.10. The Kier molecular flexibility index (Phi) is 3.81. The van der Waals surface area contributed by atoms with Gasteiger partial charge < -0.3 is 5.73 Å². The first-order valence-corrected chi connectivity index (χ1v) is 6.56. The second-order valence-corrected chi connectivity index (χ2v) is 5.34. The fourth-order valence-electron chi connectivity index (χ4n) is 2.45. The zero-order valence-corrected chi connectivity index (χ0v) is 10.5. The zero-order valence-electron chi connectivity index (χ0n) is 8.95. The van der Waals surface area contributed by atoms with Gasteiger partial charge in [0.05, 0.1) is 0 Å². The molecule has 2 unspecified atom stereocenters. The van der Waals surface area contributed by atoms with Gasteiger partial charge in [0.25, 0.3) is 0 Å². The minimum absolute atomic E-state index is 0.428. The van der Waals surface area contributed by atoms with Gasteiger partial charge in [0.2, 0.25) is 0 Å². The van der Waals surface area contributed by atoms with Crippen LogP contribution in [0.1, 0.15) is 43.6 Å². The lowest BCUT2D eigenvalue weighted by molar-refractivity contribution is 0.567. The van der Waals surface area contributed by atoms with E-state index < -0.39 is 0 Å². The molecule has 1 aliphatic carbocycles. The minimum atomic E-state index is 0.428. The molecule has 1 aliphatic rings. The van der Waals surface area contributed by atoms with Crippen LogP contribution in [0.3, 0.4) is 0 Å². The summed E-state index contributed by atoms with van der Waals surface area (Å²) in [5.74, 6) is 0.703. The monoisotopic (exact) mass is 267 g/mol. The summed E-state index contributed by atoms with van der Waals surface area (Å²) in [6.45, 7) is 0. The summed E-state index contributed by atoms with van der Waals surface area (Å²) in [5, 5.41) is 0. The summed E-state index contributed by atoms with van der Waals surface area (Å²) in [6.07, 6.45) is 6.17. The summed E-state index contributed by atoms with van der Waals surface area (Å²) in [6, 6.07) is 9.02. The van der Waals surface area contributed by atoms with Gasteiger partial charge in [0, 0.05) is 10.5 Å². The van der Waals surface area contributed by atoms with Gasteiger partial charge in [0.1, 0.15) is 0 Å². The molecule has 0 aliphatic heterocycles. The van der Waals surface area contributed by atoms with Gasteiger partial charge >= 0.3 is 0 Å². The second kappa shape index (κ2) is 5.13. The summed E-state index contributed by atoms with van der Waals surface area (Å²) in [5.41, 5.74) is 7.47. The van der Waals surface area contributed by atoms with Gasteiger partial charge in [-0.15, -0.1) is 0 Å². The van der Waals surface area contributed by atoms with E-state index in [4.69, 9.17) is 5.73 Å². The number of benzene rings is 1. The van der Waals surface area contributed by atoms with Crippen LogP contribution in [0, 0.1) is 0 Å². The van der Waals surface area contributed by atoms with Crippen LogP contribution in [0.4, 0.5) is 0 Å². The van der Waals surface area contributed by atoms with Crippen LogP contribution in [0.15, 0.2) is 28.7 Å². The van der Waals surface area contributed by atoms with Gasteiger partial charge in [-0.3, -0.25) is 0 Å². The molecule has 0 bridgehead atoms. The van der Waals surface area contributed by atoms with E-state index in [0.717, 1.165) is 0 Å². The van der Waals surface area contributed by atoms with Crippen molar-refractivity contribution in [3.8, 4) is 0 Å². The van der Waals surface area contributed by atoms with E-state index >= 15 is 0 Å². The lowest BCUT2D eigenvalue weighted by atomic mass is 9.92. The molecule has 0 spiro atoms. The molecule has 82 valence electrons. The van der Waals surface area contributed by atoms with Gasteiger partial charge in [-0.25, -0.2) is 0 Å². The second-order valence-electron chi connectivity index (χ2n) is 4.49. The van der Waals surface area contributed by atoms with Gasteiger partial charge in [0.15, 0.2) is 0 Å². The van der Waals surface area contributed by atoms with Crippen molar-refractivity contribution in [3.63, 3.8) is 0 Å². The molecule has 0 radical (unpaired) electrons. The molecule has 1 aromatic rings. The number of rotatable bonds is 1. The lowest BCUT2D eigenvalue weighted by Gasteiger charge is -2.16. The number of nitrogens with two attached hydrogens (primary N) is 1. The Labute approximate surface area is 100 Å². The fourth-order valence-corrected chi connectivity index (χ4v) is 3.06. The largest absolute Gasteiger partial charge is 0.328 e. The molecule has 1 saturated carbocycles. The van der Waals surface area contributed by atoms with E-state index in [9.17, 15) is 0 Å². The summed E-state index contributed by atoms with van der Waals surface area (Å²) in [7, 11) is 0. The van der Waals surface area contributed by atoms with E-state index in [1.165, 1.54) is 42.1 Å². The van der Waals surface area contributed by atoms with Crippen molar-refractivity contribution in [2.75, 3.05) is 0 Å². The van der Waals surface area contributed by atoms with Crippen LogP contribution in [0.25, 0.3) is 0 Å². The molecule has 0 saturated heterocycles. The highest BCUT2D eigenvalue weighted by Gasteiger charge is 2.19. The molecule has 15 heavy (non-hydrogen) atoms. The first kappa shape index (κ1) is 11.2. The van der Waals surface area contributed by atoms with Crippen LogP contribution < -0.4 is 5.73 Å². The van der Waals surface area contributed by atoms with Gasteiger partial charge in [-0.1, -0.05) is 40.5 Å². The summed E-state index contributed by atoms with van der Waals surface area (Å²) >= 11 is 3.64. The predicted molar refractivity (Wildman–Crippen MR) is 67.9 cm³/mol. The average molecular weight is 268 g/mol. The van der Waals surface area contributed by atoms with Crippen LogP contribution in [-0.4, -0.2) is 6.04 Å². The van der Waals surface area contributed by atoms with Crippen molar-refractivity contribution in [2.24, 2.45) is 5.73 Å². The maximum absolute atomic E-state index is 6.00. The molecule has 2 atom stereocenters. The van der Waals surface area contributed by atoms with Crippen LogP contribution in [0.5, 0.6) is 0 Å². The standard InChI is InChI=1S/C13H18BrN/c14-13-7-2-1-6-12(13)10-4-3-5-11(15)9-8-10/h1-2,6-7,10-11H,3-5,8-9,15H2. The Morgan fingerprint density at radius 3 is 2.67 bits per heavy atom. The summed E-state index contributed by atoms with van der Waals surface area (Å²) in [4.78, 5) is 0. The topological polar surface area (TPSA) is 26.0 Å². The van der Waals surface area contributed by atoms with E-state index in [2.05, 4.69) is 40.2 Å². The van der Waals surface area contributed by atoms with Crippen molar-refractivity contribution in [1.29, 1.82) is 0 Å². The van der Waals surface area contributed by atoms with E-state index in [1.807, 2.05) is 0 Å². The average Bonchev–Trinajstić information content (AvgIpc) is 2.44. The van der Waals surface area contributed by atoms with Crippen LogP contribution >= 0.6 is 15.9 Å². The number of halogens is 1. The molecule has 1 nitrogen and oxygen atoms in total. The van der Waals surface area contributed by atoms with Gasteiger partial charge in [-0.05, 0) is 43.2 Å². The molecule has 2 N–H and O–H groups in total. The third kappa shape index (κ3) is 2.82. The molecule has 0 heterocycles. The SMILES string of the molecule is NC1CCCC(c2ccccc2Br)CC1. The summed E-state index contributed by atoms with van der Waals surface area (Å²) < 4.78 is 1.26. The molecule has 1 aromatic carbocycles. The van der Waals surface area contributed by atoms with E-state index in [1.54, 1.807) is 0 Å². The molecule has 2 rings (SSSR count). The first-order valence-electron chi connectivity index (χ1n) is 5.77. The first-order chi connectivity index (χ1) is 7.27. The maximum Gasteiger partial charge on any atom is 0.0210 e. The van der Waals surface area contributed by atoms with E-state index in [-0.39, 0.29) is 0 Å². The third-order valence-corrected chi connectivity index (χ3v) is 4.08. The molecule has 0 aromatic heterocycles. The van der Waals surface area contributed by atoms with Crippen LogP contribution in [0.2, 0.25) is 0 Å². The van der Waals surface area contributed by atoms with Crippen molar-refractivity contribution in [1.82, 2.24) is 0 Å². The maximum atomic E-state index is 6.00. The molecule has 2 heteroatoms. The Balaban J connectivity index is 2.13. The molecule has 1 fully saturated rings. The fraction of sp³-hybridized carbons (Fsp3) is 0.538.